The average molecular weight is 420 g/mol. The smallest absolute Gasteiger partial charge is 0.254 e. The molecule has 2 aliphatic rings. The molecular formula is C26H33N3O2. The maximum absolute atomic E-state index is 12.9. The van der Waals surface area contributed by atoms with Crippen LogP contribution < -0.4 is 5.32 Å². The van der Waals surface area contributed by atoms with Crippen LogP contribution in [-0.2, 0) is 13.1 Å². The van der Waals surface area contributed by atoms with Gasteiger partial charge in [0.25, 0.3) is 11.8 Å². The number of carbonyl (C=O) groups is 2. The second-order valence-electron chi connectivity index (χ2n) is 8.72. The van der Waals surface area contributed by atoms with Crippen molar-refractivity contribution < 1.29 is 9.59 Å². The fourth-order valence-electron chi connectivity index (χ4n) is 4.84. The zero-order chi connectivity index (χ0) is 21.6. The van der Waals surface area contributed by atoms with Crippen molar-refractivity contribution in [2.45, 2.75) is 58.2 Å². The highest BCUT2D eigenvalue weighted by Gasteiger charge is 2.28. The summed E-state index contributed by atoms with van der Waals surface area (Å²) in [6, 6.07) is 16.2. The molecule has 1 N–H and O–H groups in total. The number of hydrogen-bond donors (Lipinski definition) is 1. The molecule has 0 spiro atoms. The Bertz CT molecular complexity index is 912. The third-order valence-corrected chi connectivity index (χ3v) is 6.60. The lowest BCUT2D eigenvalue weighted by Crippen LogP contribution is -2.40. The standard InChI is InChI=1S/C26H33N3O2/c1-2-23-11-6-7-15-28(23)16-8-14-27-25(30)21-12-13-22-19-29(26(31)24(22)17-21)18-20-9-4-3-5-10-20/h3-5,9-10,12-13,17,23H,2,6-8,11,14-16,18-19H2,1H3,(H,27,30). The van der Waals surface area contributed by atoms with E-state index in [1.165, 1.54) is 32.2 Å². The van der Waals surface area contributed by atoms with Gasteiger partial charge in [-0.15, -0.1) is 0 Å². The molecule has 2 aliphatic heterocycles. The van der Waals surface area contributed by atoms with Gasteiger partial charge in [0.15, 0.2) is 0 Å². The highest BCUT2D eigenvalue weighted by Crippen LogP contribution is 2.25. The quantitative estimate of drug-likeness (QED) is 0.652. The van der Waals surface area contributed by atoms with E-state index in [1.54, 1.807) is 6.07 Å². The molecule has 0 radical (unpaired) electrons. The first-order valence-corrected chi connectivity index (χ1v) is 11.6. The minimum absolute atomic E-state index is 0.00390. The first kappa shape index (κ1) is 21.6. The third kappa shape index (κ3) is 5.16. The number of fused-ring (bicyclic) bond motifs is 1. The van der Waals surface area contributed by atoms with Crippen molar-refractivity contribution in [1.29, 1.82) is 0 Å². The number of nitrogens with zero attached hydrogens (tertiary/aromatic N) is 2. The van der Waals surface area contributed by atoms with E-state index in [1.807, 2.05) is 47.4 Å². The summed E-state index contributed by atoms with van der Waals surface area (Å²) < 4.78 is 0. The van der Waals surface area contributed by atoms with Gasteiger partial charge in [0, 0.05) is 43.3 Å². The van der Waals surface area contributed by atoms with Gasteiger partial charge >= 0.3 is 0 Å². The number of carbonyl (C=O) groups excluding carboxylic acids is 2. The van der Waals surface area contributed by atoms with Crippen LogP contribution >= 0.6 is 0 Å². The number of hydrogen-bond acceptors (Lipinski definition) is 3. The van der Waals surface area contributed by atoms with Crippen LogP contribution in [0.5, 0.6) is 0 Å². The molecule has 2 aromatic rings. The number of rotatable bonds is 8. The predicted molar refractivity (Wildman–Crippen MR) is 123 cm³/mol. The van der Waals surface area contributed by atoms with Crippen LogP contribution in [0.25, 0.3) is 0 Å². The molecule has 0 saturated carbocycles. The van der Waals surface area contributed by atoms with Crippen molar-refractivity contribution in [3.63, 3.8) is 0 Å². The molecule has 0 aliphatic carbocycles. The summed E-state index contributed by atoms with van der Waals surface area (Å²) >= 11 is 0. The zero-order valence-corrected chi connectivity index (χ0v) is 18.5. The van der Waals surface area contributed by atoms with E-state index in [4.69, 9.17) is 0 Å². The Kier molecular flexibility index (Phi) is 7.03. The lowest BCUT2D eigenvalue weighted by atomic mass is 10.00. The van der Waals surface area contributed by atoms with Crippen molar-refractivity contribution in [1.82, 2.24) is 15.1 Å². The second kappa shape index (κ2) is 10.1. The maximum Gasteiger partial charge on any atom is 0.254 e. The number of amides is 2. The van der Waals surface area contributed by atoms with Gasteiger partial charge in [-0.3, -0.25) is 9.59 Å². The van der Waals surface area contributed by atoms with Crippen molar-refractivity contribution >= 4 is 11.8 Å². The summed E-state index contributed by atoms with van der Waals surface area (Å²) in [5.74, 6) is -0.0907. The van der Waals surface area contributed by atoms with E-state index in [0.717, 1.165) is 24.1 Å². The average Bonchev–Trinajstić information content (AvgIpc) is 3.12. The van der Waals surface area contributed by atoms with Crippen molar-refractivity contribution in [2.24, 2.45) is 0 Å². The molecule has 2 amide bonds. The van der Waals surface area contributed by atoms with Crippen LogP contribution in [0.2, 0.25) is 0 Å². The van der Waals surface area contributed by atoms with Crippen LogP contribution in [0.4, 0.5) is 0 Å². The van der Waals surface area contributed by atoms with E-state index in [2.05, 4.69) is 17.1 Å². The first-order valence-electron chi connectivity index (χ1n) is 11.6. The zero-order valence-electron chi connectivity index (χ0n) is 18.5. The highest BCUT2D eigenvalue weighted by atomic mass is 16.2. The van der Waals surface area contributed by atoms with Crippen molar-refractivity contribution in [3.8, 4) is 0 Å². The number of nitrogens with one attached hydrogen (secondary N) is 1. The minimum atomic E-state index is -0.0946. The molecule has 2 heterocycles. The van der Waals surface area contributed by atoms with Crippen LogP contribution in [0.3, 0.4) is 0 Å². The Morgan fingerprint density at radius 2 is 1.97 bits per heavy atom. The Morgan fingerprint density at radius 3 is 2.77 bits per heavy atom. The molecule has 5 heteroatoms. The molecule has 1 fully saturated rings. The number of benzene rings is 2. The second-order valence-corrected chi connectivity index (χ2v) is 8.72. The fourth-order valence-corrected chi connectivity index (χ4v) is 4.84. The minimum Gasteiger partial charge on any atom is -0.352 e. The van der Waals surface area contributed by atoms with Gasteiger partial charge in [0.1, 0.15) is 0 Å². The molecule has 5 nitrogen and oxygen atoms in total. The maximum atomic E-state index is 12.9. The molecule has 4 rings (SSSR count). The van der Waals surface area contributed by atoms with Crippen molar-refractivity contribution in [2.75, 3.05) is 19.6 Å². The van der Waals surface area contributed by atoms with Gasteiger partial charge in [-0.1, -0.05) is 49.7 Å². The number of piperidine rings is 1. The van der Waals surface area contributed by atoms with Gasteiger partial charge in [-0.05, 0) is 55.5 Å². The Labute approximate surface area is 185 Å². The van der Waals surface area contributed by atoms with E-state index in [0.29, 0.717) is 36.8 Å². The lowest BCUT2D eigenvalue weighted by molar-refractivity contribution is 0.0766. The van der Waals surface area contributed by atoms with Crippen LogP contribution in [0.15, 0.2) is 48.5 Å². The summed E-state index contributed by atoms with van der Waals surface area (Å²) in [5.41, 5.74) is 3.33. The van der Waals surface area contributed by atoms with Crippen LogP contribution in [0, 0.1) is 0 Å². The van der Waals surface area contributed by atoms with Gasteiger partial charge in [-0.2, -0.15) is 0 Å². The molecular weight excluding hydrogens is 386 g/mol. The first-order chi connectivity index (χ1) is 15.2. The largest absolute Gasteiger partial charge is 0.352 e. The van der Waals surface area contributed by atoms with Crippen LogP contribution in [-0.4, -0.2) is 47.3 Å². The predicted octanol–water partition coefficient (Wildman–Crippen LogP) is 4.23. The summed E-state index contributed by atoms with van der Waals surface area (Å²) in [4.78, 5) is 29.9. The normalized spacial score (nSPS) is 18.8. The summed E-state index contributed by atoms with van der Waals surface area (Å²) in [6.45, 7) is 6.33. The Hall–Kier alpha value is -2.66. The molecule has 164 valence electrons. The van der Waals surface area contributed by atoms with Gasteiger partial charge < -0.3 is 15.1 Å². The van der Waals surface area contributed by atoms with Crippen molar-refractivity contribution in [3.05, 3.63) is 70.8 Å². The molecule has 0 aromatic heterocycles. The van der Waals surface area contributed by atoms with Gasteiger partial charge in [0.05, 0.1) is 0 Å². The monoisotopic (exact) mass is 419 g/mol. The van der Waals surface area contributed by atoms with Crippen LogP contribution in [0.1, 0.15) is 70.9 Å². The molecule has 2 aromatic carbocycles. The number of likely N-dealkylation sites (tertiary alicyclic amines) is 1. The van der Waals surface area contributed by atoms with E-state index in [9.17, 15) is 9.59 Å². The van der Waals surface area contributed by atoms with Gasteiger partial charge in [0.2, 0.25) is 0 Å². The fraction of sp³-hybridized carbons (Fsp3) is 0.462. The highest BCUT2D eigenvalue weighted by molar-refractivity contribution is 6.02. The molecule has 1 saturated heterocycles. The summed E-state index contributed by atoms with van der Waals surface area (Å²) in [6.07, 6.45) is 6.08. The lowest BCUT2D eigenvalue weighted by Gasteiger charge is -2.35. The topological polar surface area (TPSA) is 52.7 Å². The molecule has 1 atom stereocenters. The Morgan fingerprint density at radius 1 is 1.13 bits per heavy atom. The molecule has 31 heavy (non-hydrogen) atoms. The summed E-state index contributed by atoms with van der Waals surface area (Å²) in [5, 5.41) is 3.04. The third-order valence-electron chi connectivity index (χ3n) is 6.60. The molecule has 0 bridgehead atoms. The SMILES string of the molecule is CCC1CCCCN1CCCNC(=O)c1ccc2c(c1)C(=O)N(Cc1ccccc1)C2. The molecule has 1 unspecified atom stereocenters. The summed E-state index contributed by atoms with van der Waals surface area (Å²) in [7, 11) is 0. The Balaban J connectivity index is 1.29. The van der Waals surface area contributed by atoms with E-state index >= 15 is 0 Å². The van der Waals surface area contributed by atoms with E-state index < -0.39 is 0 Å². The van der Waals surface area contributed by atoms with Gasteiger partial charge in [-0.25, -0.2) is 0 Å². The van der Waals surface area contributed by atoms with E-state index in [-0.39, 0.29) is 11.8 Å².